The van der Waals surface area contributed by atoms with Crippen LogP contribution in [0.5, 0.6) is 5.75 Å². The van der Waals surface area contributed by atoms with Crippen LogP contribution in [0, 0.1) is 11.8 Å². The van der Waals surface area contributed by atoms with Crippen molar-refractivity contribution in [3.05, 3.63) is 47.2 Å². The maximum absolute atomic E-state index is 14.5. The topological polar surface area (TPSA) is 62.7 Å². The lowest BCUT2D eigenvalue weighted by molar-refractivity contribution is 0.0191. The first-order chi connectivity index (χ1) is 16.1. The third-order valence-electron chi connectivity index (χ3n) is 7.16. The van der Waals surface area contributed by atoms with Gasteiger partial charge >= 0.3 is 0 Å². The van der Waals surface area contributed by atoms with E-state index >= 15 is 0 Å². The molecule has 4 rings (SSSR count). The van der Waals surface area contributed by atoms with E-state index in [-0.39, 0.29) is 23.5 Å². The number of rotatable bonds is 5. The fourth-order valence-corrected chi connectivity index (χ4v) is 4.64. The Labute approximate surface area is 201 Å². The van der Waals surface area contributed by atoms with Crippen molar-refractivity contribution in [1.29, 1.82) is 0 Å². The molecule has 1 aromatic heterocycles. The summed E-state index contributed by atoms with van der Waals surface area (Å²) in [5, 5.41) is 0. The Hall–Kier alpha value is -2.96. The van der Waals surface area contributed by atoms with E-state index in [4.69, 9.17) is 4.74 Å². The molecule has 0 spiro atoms. The molecule has 1 saturated heterocycles. The molecular formula is C27H34FN3O3. The normalized spacial score (nSPS) is 22.4. The highest BCUT2D eigenvalue weighted by atomic mass is 19.1. The maximum atomic E-state index is 14.5. The fraction of sp³-hybridized carbons (Fsp3) is 0.519. The third-order valence-corrected chi connectivity index (χ3v) is 7.16. The average molecular weight is 468 g/mol. The Kier molecular flexibility index (Phi) is 6.65. The summed E-state index contributed by atoms with van der Waals surface area (Å²) < 4.78 is 20.4. The number of carbonyl (C=O) groups is 2. The Morgan fingerprint density at radius 2 is 2.03 bits per heavy atom. The number of aryl methyl sites for hydroxylation is 1. The van der Waals surface area contributed by atoms with Crippen LogP contribution < -0.4 is 9.64 Å². The number of amides is 1. The summed E-state index contributed by atoms with van der Waals surface area (Å²) in [5.74, 6) is 0.921. The number of hydrogen-bond acceptors (Lipinski definition) is 5. The summed E-state index contributed by atoms with van der Waals surface area (Å²) in [6, 6.07) is 7.64. The molecule has 2 aromatic rings. The lowest BCUT2D eigenvalue weighted by Crippen LogP contribution is -2.48. The molecule has 2 unspecified atom stereocenters. The number of pyridine rings is 1. The quantitative estimate of drug-likeness (QED) is 0.564. The molecule has 1 amide bonds. The number of halogens is 1. The van der Waals surface area contributed by atoms with Crippen LogP contribution in [-0.4, -0.2) is 53.5 Å². The van der Waals surface area contributed by atoms with Crippen LogP contribution in [0.2, 0.25) is 0 Å². The Bertz CT molecular complexity index is 1100. The Balaban J connectivity index is 1.59. The van der Waals surface area contributed by atoms with E-state index in [1.165, 1.54) is 0 Å². The molecule has 2 atom stereocenters. The number of carbonyl (C=O) groups excluding carboxylic acids is 2. The SMILES string of the molecule is CCc1cc(N2CCOc3cc(C(=O)N4CCC(C)(F)C(C)C4)cnc32)ccc1C(=O)C(C)C. The number of hydrogen-bond donors (Lipinski definition) is 0. The minimum Gasteiger partial charge on any atom is -0.488 e. The number of nitrogens with zero attached hydrogens (tertiary/aromatic N) is 3. The van der Waals surface area contributed by atoms with E-state index in [1.54, 1.807) is 24.1 Å². The van der Waals surface area contributed by atoms with E-state index in [9.17, 15) is 14.0 Å². The van der Waals surface area contributed by atoms with Crippen LogP contribution in [0.3, 0.4) is 0 Å². The summed E-state index contributed by atoms with van der Waals surface area (Å²) in [7, 11) is 0. The van der Waals surface area contributed by atoms with E-state index in [0.29, 0.717) is 49.8 Å². The molecule has 0 N–H and O–H groups in total. The van der Waals surface area contributed by atoms with Gasteiger partial charge in [0, 0.05) is 42.4 Å². The standard InChI is InChI=1S/C27H34FN3O3/c1-6-19-13-21(7-8-22(19)24(32)17(2)3)31-11-12-34-23-14-20(15-29-25(23)31)26(33)30-10-9-27(5,28)18(4)16-30/h7-8,13-15,17-18H,6,9-12,16H2,1-5H3. The fourth-order valence-electron chi connectivity index (χ4n) is 4.64. The summed E-state index contributed by atoms with van der Waals surface area (Å²) >= 11 is 0. The molecule has 34 heavy (non-hydrogen) atoms. The number of ether oxygens (including phenoxy) is 1. The summed E-state index contributed by atoms with van der Waals surface area (Å²) in [6.45, 7) is 11.2. The zero-order chi connectivity index (χ0) is 24.6. The van der Waals surface area contributed by atoms with Crippen LogP contribution >= 0.6 is 0 Å². The second kappa shape index (κ2) is 9.35. The molecule has 2 aliphatic rings. The summed E-state index contributed by atoms with van der Waals surface area (Å²) in [4.78, 5) is 34.1. The van der Waals surface area contributed by atoms with E-state index < -0.39 is 5.67 Å². The van der Waals surface area contributed by atoms with Crippen molar-refractivity contribution in [3.63, 3.8) is 0 Å². The molecule has 0 bridgehead atoms. The first-order valence-electron chi connectivity index (χ1n) is 12.2. The lowest BCUT2D eigenvalue weighted by atomic mass is 9.85. The number of ketones is 1. The molecule has 7 heteroatoms. The van der Waals surface area contributed by atoms with Gasteiger partial charge in [0.25, 0.3) is 5.91 Å². The van der Waals surface area contributed by atoms with Crippen molar-refractivity contribution >= 4 is 23.2 Å². The Morgan fingerprint density at radius 1 is 1.26 bits per heavy atom. The number of anilines is 2. The number of Topliss-reactive ketones (excluding diaryl/α,β-unsaturated/α-hetero) is 1. The number of piperidine rings is 1. The highest BCUT2D eigenvalue weighted by Crippen LogP contribution is 2.37. The van der Waals surface area contributed by atoms with Gasteiger partial charge in [0.1, 0.15) is 12.3 Å². The molecule has 1 fully saturated rings. The van der Waals surface area contributed by atoms with Crippen LogP contribution in [0.1, 0.15) is 67.3 Å². The lowest BCUT2D eigenvalue weighted by Gasteiger charge is -2.39. The zero-order valence-corrected chi connectivity index (χ0v) is 20.7. The monoisotopic (exact) mass is 467 g/mol. The first kappa shape index (κ1) is 24.2. The number of fused-ring (bicyclic) bond motifs is 1. The van der Waals surface area contributed by atoms with Gasteiger partial charge < -0.3 is 14.5 Å². The molecule has 3 heterocycles. The van der Waals surface area contributed by atoms with Crippen molar-refractivity contribution in [2.24, 2.45) is 11.8 Å². The van der Waals surface area contributed by atoms with Crippen LogP contribution in [0.15, 0.2) is 30.5 Å². The van der Waals surface area contributed by atoms with Gasteiger partial charge in [-0.3, -0.25) is 9.59 Å². The number of benzene rings is 1. The van der Waals surface area contributed by atoms with Crippen LogP contribution in [0.25, 0.3) is 0 Å². The summed E-state index contributed by atoms with van der Waals surface area (Å²) in [5.41, 5.74) is 1.92. The second-order valence-electron chi connectivity index (χ2n) is 9.94. The van der Waals surface area contributed by atoms with Crippen molar-refractivity contribution < 1.29 is 18.7 Å². The van der Waals surface area contributed by atoms with Crippen molar-refractivity contribution in [1.82, 2.24) is 9.88 Å². The van der Waals surface area contributed by atoms with E-state index in [1.807, 2.05) is 39.8 Å². The van der Waals surface area contributed by atoms with Crippen molar-refractivity contribution in [3.8, 4) is 5.75 Å². The van der Waals surface area contributed by atoms with Gasteiger partial charge in [0.05, 0.1) is 12.1 Å². The van der Waals surface area contributed by atoms with Gasteiger partial charge in [-0.15, -0.1) is 0 Å². The van der Waals surface area contributed by atoms with Gasteiger partial charge in [0.2, 0.25) is 0 Å². The molecule has 2 aliphatic heterocycles. The first-order valence-corrected chi connectivity index (χ1v) is 12.2. The predicted molar refractivity (Wildman–Crippen MR) is 131 cm³/mol. The molecule has 1 aromatic carbocycles. The maximum Gasteiger partial charge on any atom is 0.255 e. The van der Waals surface area contributed by atoms with E-state index in [2.05, 4.69) is 16.0 Å². The van der Waals surface area contributed by atoms with Gasteiger partial charge in [-0.2, -0.15) is 0 Å². The summed E-state index contributed by atoms with van der Waals surface area (Å²) in [6.07, 6.45) is 2.66. The molecular weight excluding hydrogens is 433 g/mol. The number of likely N-dealkylation sites (tertiary alicyclic amines) is 1. The van der Waals surface area contributed by atoms with Gasteiger partial charge in [-0.25, -0.2) is 9.37 Å². The largest absolute Gasteiger partial charge is 0.488 e. The number of aromatic nitrogens is 1. The van der Waals surface area contributed by atoms with Gasteiger partial charge in [-0.05, 0) is 49.6 Å². The minimum absolute atomic E-state index is 0.0561. The van der Waals surface area contributed by atoms with Crippen molar-refractivity contribution in [2.75, 3.05) is 31.1 Å². The minimum atomic E-state index is -1.25. The molecule has 6 nitrogen and oxygen atoms in total. The van der Waals surface area contributed by atoms with E-state index in [0.717, 1.165) is 23.2 Å². The van der Waals surface area contributed by atoms with Gasteiger partial charge in [0.15, 0.2) is 17.4 Å². The highest BCUT2D eigenvalue weighted by Gasteiger charge is 2.38. The van der Waals surface area contributed by atoms with Crippen LogP contribution in [-0.2, 0) is 6.42 Å². The second-order valence-corrected chi connectivity index (χ2v) is 9.94. The smallest absolute Gasteiger partial charge is 0.255 e. The highest BCUT2D eigenvalue weighted by molar-refractivity contribution is 5.99. The van der Waals surface area contributed by atoms with Crippen molar-refractivity contribution in [2.45, 2.75) is 53.1 Å². The molecule has 0 radical (unpaired) electrons. The molecule has 0 saturated carbocycles. The number of alkyl halides is 1. The predicted octanol–water partition coefficient (Wildman–Crippen LogP) is 5.22. The molecule has 182 valence electrons. The average Bonchev–Trinajstić information content (AvgIpc) is 2.83. The zero-order valence-electron chi connectivity index (χ0n) is 20.7. The Morgan fingerprint density at radius 3 is 2.71 bits per heavy atom. The third kappa shape index (κ3) is 4.52. The van der Waals surface area contributed by atoms with Crippen LogP contribution in [0.4, 0.5) is 15.9 Å². The molecule has 0 aliphatic carbocycles. The van der Waals surface area contributed by atoms with Gasteiger partial charge in [-0.1, -0.05) is 27.7 Å².